The fourth-order valence-electron chi connectivity index (χ4n) is 6.09. The van der Waals surface area contributed by atoms with E-state index < -0.39 is 0 Å². The smallest absolute Gasteiger partial charge is 0.230 e. The second kappa shape index (κ2) is 9.17. The summed E-state index contributed by atoms with van der Waals surface area (Å²) in [6.45, 7) is 7.90. The molecule has 34 heavy (non-hydrogen) atoms. The molecule has 4 aliphatic rings. The lowest BCUT2D eigenvalue weighted by atomic mass is 9.62. The van der Waals surface area contributed by atoms with Gasteiger partial charge in [0, 0.05) is 43.7 Å². The van der Waals surface area contributed by atoms with Crippen molar-refractivity contribution in [2.45, 2.75) is 50.5 Å². The number of carbonyl (C=O) groups excluding carboxylic acids is 1. The molecule has 1 amide bonds. The molecule has 8 heteroatoms. The number of hydrogen-bond donors (Lipinski definition) is 0. The summed E-state index contributed by atoms with van der Waals surface area (Å²) in [5, 5.41) is 5.72. The number of ether oxygens (including phenoxy) is 1. The van der Waals surface area contributed by atoms with Crippen LogP contribution in [0.2, 0.25) is 5.02 Å². The van der Waals surface area contributed by atoms with E-state index in [1.165, 1.54) is 30.5 Å². The van der Waals surface area contributed by atoms with Crippen LogP contribution in [0.25, 0.3) is 0 Å². The summed E-state index contributed by atoms with van der Waals surface area (Å²) in [7, 11) is 0. The third kappa shape index (κ3) is 3.82. The maximum absolute atomic E-state index is 12.9. The topological polar surface area (TPSA) is 53.8 Å². The Kier molecular flexibility index (Phi) is 6.04. The van der Waals surface area contributed by atoms with Crippen LogP contribution in [0.15, 0.2) is 24.3 Å². The number of aryl methyl sites for hydroxylation is 1. The van der Waals surface area contributed by atoms with E-state index in [0.717, 1.165) is 70.3 Å². The Balaban J connectivity index is 1.29. The minimum Gasteiger partial charge on any atom is -0.378 e. The Hall–Kier alpha value is -2.09. The van der Waals surface area contributed by atoms with Crippen molar-refractivity contribution in [2.24, 2.45) is 0 Å². The van der Waals surface area contributed by atoms with Crippen molar-refractivity contribution in [3.63, 3.8) is 0 Å². The standard InChI is InChI=1S/C26H34ClN5O2/c27-23-24(28-32-13-8-22(33)31(25(23)32)15-14-29-11-1-2-12-29)26(9-3-10-26)20-4-6-21(7-5-20)30-16-18-34-19-17-30/h4-7H,1-3,8-19H2. The third-order valence-electron chi connectivity index (χ3n) is 8.26. The van der Waals surface area contributed by atoms with Gasteiger partial charge in [0.1, 0.15) is 5.02 Å². The highest BCUT2D eigenvalue weighted by atomic mass is 35.5. The number of fused-ring (bicyclic) bond motifs is 1. The number of likely N-dealkylation sites (tertiary alicyclic amines) is 1. The van der Waals surface area contributed by atoms with Crippen LogP contribution in [0, 0.1) is 0 Å². The lowest BCUT2D eigenvalue weighted by molar-refractivity contribution is -0.119. The molecule has 182 valence electrons. The van der Waals surface area contributed by atoms with Gasteiger partial charge in [-0.15, -0.1) is 0 Å². The number of amides is 1. The number of aromatic nitrogens is 2. The predicted octanol–water partition coefficient (Wildman–Crippen LogP) is 3.68. The minimum absolute atomic E-state index is 0.158. The van der Waals surface area contributed by atoms with Crippen LogP contribution in [0.3, 0.4) is 0 Å². The highest BCUT2D eigenvalue weighted by Gasteiger charge is 2.46. The lowest BCUT2D eigenvalue weighted by Crippen LogP contribution is -2.42. The monoisotopic (exact) mass is 483 g/mol. The molecule has 1 aromatic carbocycles. The van der Waals surface area contributed by atoms with Gasteiger partial charge in [0.25, 0.3) is 0 Å². The first kappa shape index (κ1) is 22.4. The molecule has 0 spiro atoms. The van der Waals surface area contributed by atoms with Crippen LogP contribution in [0.4, 0.5) is 11.5 Å². The molecule has 6 rings (SSSR count). The normalized spacial score (nSPS) is 22.7. The largest absolute Gasteiger partial charge is 0.378 e. The number of halogens is 1. The van der Waals surface area contributed by atoms with Gasteiger partial charge in [-0.3, -0.25) is 9.69 Å². The SMILES string of the molecule is O=C1CCn2nc(C3(c4ccc(N5CCOCC5)cc4)CCC3)c(Cl)c2N1CCN1CCCC1. The summed E-state index contributed by atoms with van der Waals surface area (Å²) in [6, 6.07) is 8.98. The van der Waals surface area contributed by atoms with Crippen molar-refractivity contribution in [1.29, 1.82) is 0 Å². The van der Waals surface area contributed by atoms with E-state index in [1.807, 2.05) is 9.58 Å². The maximum atomic E-state index is 12.9. The molecule has 1 saturated carbocycles. The van der Waals surface area contributed by atoms with Gasteiger partial charge in [0.2, 0.25) is 5.91 Å². The number of nitrogens with zero attached hydrogens (tertiary/aromatic N) is 5. The first-order valence-electron chi connectivity index (χ1n) is 12.9. The molecule has 7 nitrogen and oxygen atoms in total. The molecule has 2 aromatic rings. The molecule has 0 unspecified atom stereocenters. The van der Waals surface area contributed by atoms with E-state index in [9.17, 15) is 4.79 Å². The molecule has 3 fully saturated rings. The number of hydrogen-bond acceptors (Lipinski definition) is 5. The Labute approximate surface area is 206 Å². The zero-order valence-corrected chi connectivity index (χ0v) is 20.6. The number of rotatable bonds is 6. The van der Waals surface area contributed by atoms with Crippen LogP contribution < -0.4 is 9.80 Å². The van der Waals surface area contributed by atoms with E-state index in [-0.39, 0.29) is 11.3 Å². The molecule has 0 bridgehead atoms. The number of morpholine rings is 1. The van der Waals surface area contributed by atoms with Crippen molar-refractivity contribution in [3.05, 3.63) is 40.5 Å². The summed E-state index contributed by atoms with van der Waals surface area (Å²) in [5.74, 6) is 0.973. The number of carbonyl (C=O) groups is 1. The molecule has 3 aliphatic heterocycles. The molecule has 0 N–H and O–H groups in total. The lowest BCUT2D eigenvalue weighted by Gasteiger charge is -2.41. The molecule has 0 radical (unpaired) electrons. The quantitative estimate of drug-likeness (QED) is 0.627. The van der Waals surface area contributed by atoms with Gasteiger partial charge >= 0.3 is 0 Å². The Morgan fingerprint density at radius 1 is 0.941 bits per heavy atom. The molecule has 2 saturated heterocycles. The zero-order chi connectivity index (χ0) is 23.1. The van der Waals surface area contributed by atoms with Crippen molar-refractivity contribution in [1.82, 2.24) is 14.7 Å². The minimum atomic E-state index is -0.158. The first-order valence-corrected chi connectivity index (χ1v) is 13.3. The maximum Gasteiger partial charge on any atom is 0.230 e. The zero-order valence-electron chi connectivity index (χ0n) is 19.8. The van der Waals surface area contributed by atoms with Gasteiger partial charge in [-0.1, -0.05) is 30.2 Å². The molecule has 4 heterocycles. The van der Waals surface area contributed by atoms with Crippen molar-refractivity contribution >= 4 is 29.0 Å². The average Bonchev–Trinajstić information content (AvgIpc) is 3.48. The fraction of sp³-hybridized carbons (Fsp3) is 0.615. The van der Waals surface area contributed by atoms with Crippen LogP contribution in [-0.2, 0) is 21.5 Å². The van der Waals surface area contributed by atoms with Gasteiger partial charge in [0.05, 0.1) is 25.5 Å². The Morgan fingerprint density at radius 2 is 1.68 bits per heavy atom. The van der Waals surface area contributed by atoms with Crippen LogP contribution in [-0.4, -0.2) is 73.1 Å². The van der Waals surface area contributed by atoms with E-state index in [4.69, 9.17) is 21.4 Å². The fourth-order valence-corrected chi connectivity index (χ4v) is 6.51. The van der Waals surface area contributed by atoms with Crippen molar-refractivity contribution in [3.8, 4) is 0 Å². The first-order chi connectivity index (χ1) is 16.7. The van der Waals surface area contributed by atoms with Crippen molar-refractivity contribution < 1.29 is 9.53 Å². The third-order valence-corrected chi connectivity index (χ3v) is 8.61. The number of benzene rings is 1. The van der Waals surface area contributed by atoms with Gasteiger partial charge < -0.3 is 14.5 Å². The summed E-state index contributed by atoms with van der Waals surface area (Å²) in [5.41, 5.74) is 3.32. The Morgan fingerprint density at radius 3 is 2.35 bits per heavy atom. The van der Waals surface area contributed by atoms with Gasteiger partial charge in [0.15, 0.2) is 5.82 Å². The summed E-state index contributed by atoms with van der Waals surface area (Å²) < 4.78 is 7.49. The predicted molar refractivity (Wildman–Crippen MR) is 134 cm³/mol. The summed E-state index contributed by atoms with van der Waals surface area (Å²) in [6.07, 6.45) is 6.25. The molecule has 1 aromatic heterocycles. The second-order valence-electron chi connectivity index (χ2n) is 10.1. The second-order valence-corrected chi connectivity index (χ2v) is 10.5. The highest BCUT2D eigenvalue weighted by molar-refractivity contribution is 6.34. The average molecular weight is 484 g/mol. The molecular weight excluding hydrogens is 450 g/mol. The van der Waals surface area contributed by atoms with Gasteiger partial charge in [-0.2, -0.15) is 5.10 Å². The van der Waals surface area contributed by atoms with Crippen LogP contribution in [0.1, 0.15) is 49.8 Å². The van der Waals surface area contributed by atoms with E-state index in [0.29, 0.717) is 24.5 Å². The highest BCUT2D eigenvalue weighted by Crippen LogP contribution is 2.52. The van der Waals surface area contributed by atoms with Crippen molar-refractivity contribution in [2.75, 3.05) is 62.3 Å². The van der Waals surface area contributed by atoms with Gasteiger partial charge in [-0.25, -0.2) is 4.68 Å². The Bertz CT molecular complexity index is 1040. The molecular formula is C26H34ClN5O2. The number of anilines is 2. The molecule has 0 atom stereocenters. The van der Waals surface area contributed by atoms with E-state index in [2.05, 4.69) is 34.1 Å². The van der Waals surface area contributed by atoms with E-state index >= 15 is 0 Å². The summed E-state index contributed by atoms with van der Waals surface area (Å²) >= 11 is 7.08. The van der Waals surface area contributed by atoms with Crippen LogP contribution in [0.5, 0.6) is 0 Å². The molecule has 1 aliphatic carbocycles. The van der Waals surface area contributed by atoms with E-state index in [1.54, 1.807) is 0 Å². The van der Waals surface area contributed by atoms with Gasteiger partial charge in [-0.05, 0) is 56.5 Å². The summed E-state index contributed by atoms with van der Waals surface area (Å²) in [4.78, 5) is 19.6. The van der Waals surface area contributed by atoms with Crippen LogP contribution >= 0.6 is 11.6 Å².